The number of allylic oxidation sites excluding steroid dienone is 2. The predicted octanol–water partition coefficient (Wildman–Crippen LogP) is 2.73. The number of carbonyl (C=O) groups is 2. The largest absolute Gasteiger partial charge is 0.366 e. The highest BCUT2D eigenvalue weighted by molar-refractivity contribution is 6.34. The molecule has 0 bridgehead atoms. The molecular weight excluding hydrogens is 264 g/mol. The summed E-state index contributed by atoms with van der Waals surface area (Å²) in [6.45, 7) is 0. The molecular formula is C14H15ClN2O2. The first kappa shape index (κ1) is 13.6. The van der Waals surface area contributed by atoms with E-state index in [2.05, 4.69) is 17.5 Å². The molecule has 1 aromatic carbocycles. The van der Waals surface area contributed by atoms with Crippen LogP contribution in [-0.2, 0) is 4.79 Å². The molecule has 1 aliphatic rings. The molecule has 0 radical (unpaired) electrons. The summed E-state index contributed by atoms with van der Waals surface area (Å²) in [5.41, 5.74) is 5.98. The SMILES string of the molecule is NC(=O)c1ccc(NC(=O)C[C@@H]2C=CCC2)cc1Cl. The minimum atomic E-state index is -0.584. The second kappa shape index (κ2) is 5.89. The van der Waals surface area contributed by atoms with Crippen LogP contribution in [0.2, 0.25) is 5.02 Å². The molecule has 0 heterocycles. The summed E-state index contributed by atoms with van der Waals surface area (Å²) in [4.78, 5) is 22.8. The second-order valence-electron chi connectivity index (χ2n) is 4.58. The van der Waals surface area contributed by atoms with Crippen LogP contribution in [0, 0.1) is 5.92 Å². The van der Waals surface area contributed by atoms with Gasteiger partial charge in [0.25, 0.3) is 0 Å². The summed E-state index contributed by atoms with van der Waals surface area (Å²) in [5, 5.41) is 3.01. The van der Waals surface area contributed by atoms with Crippen molar-refractivity contribution >= 4 is 29.1 Å². The minimum absolute atomic E-state index is 0.0561. The molecule has 1 atom stereocenters. The molecule has 0 aromatic heterocycles. The zero-order chi connectivity index (χ0) is 13.8. The van der Waals surface area contributed by atoms with E-state index < -0.39 is 5.91 Å². The Morgan fingerprint density at radius 1 is 1.42 bits per heavy atom. The fourth-order valence-corrected chi connectivity index (χ4v) is 2.38. The van der Waals surface area contributed by atoms with Crippen LogP contribution in [0.4, 0.5) is 5.69 Å². The van der Waals surface area contributed by atoms with Crippen molar-refractivity contribution in [2.75, 3.05) is 5.32 Å². The molecule has 3 N–H and O–H groups in total. The highest BCUT2D eigenvalue weighted by Crippen LogP contribution is 2.23. The molecule has 2 rings (SSSR count). The third kappa shape index (κ3) is 3.58. The van der Waals surface area contributed by atoms with Crippen molar-refractivity contribution in [3.63, 3.8) is 0 Å². The maximum atomic E-state index is 11.8. The fraction of sp³-hybridized carbons (Fsp3) is 0.286. The zero-order valence-corrected chi connectivity index (χ0v) is 11.1. The van der Waals surface area contributed by atoms with Gasteiger partial charge in [0.2, 0.25) is 11.8 Å². The van der Waals surface area contributed by atoms with Crippen molar-refractivity contribution in [2.45, 2.75) is 19.3 Å². The van der Waals surface area contributed by atoms with Crippen LogP contribution in [0.5, 0.6) is 0 Å². The third-order valence-corrected chi connectivity index (χ3v) is 3.39. The van der Waals surface area contributed by atoms with Crippen LogP contribution in [0.1, 0.15) is 29.6 Å². The zero-order valence-electron chi connectivity index (χ0n) is 10.4. The lowest BCUT2D eigenvalue weighted by atomic mass is 10.0. The van der Waals surface area contributed by atoms with Crippen molar-refractivity contribution in [2.24, 2.45) is 11.7 Å². The summed E-state index contributed by atoms with van der Waals surface area (Å²) in [7, 11) is 0. The summed E-state index contributed by atoms with van der Waals surface area (Å²) < 4.78 is 0. The number of rotatable bonds is 4. The van der Waals surface area contributed by atoms with E-state index in [1.807, 2.05) is 0 Å². The van der Waals surface area contributed by atoms with E-state index in [-0.39, 0.29) is 16.5 Å². The number of hydrogen-bond acceptors (Lipinski definition) is 2. The minimum Gasteiger partial charge on any atom is -0.366 e. The van der Waals surface area contributed by atoms with E-state index in [4.69, 9.17) is 17.3 Å². The lowest BCUT2D eigenvalue weighted by Crippen LogP contribution is -2.15. The monoisotopic (exact) mass is 278 g/mol. The van der Waals surface area contributed by atoms with Gasteiger partial charge in [-0.2, -0.15) is 0 Å². The number of nitrogens with two attached hydrogens (primary N) is 1. The normalized spacial score (nSPS) is 17.4. The Kier molecular flexibility index (Phi) is 4.22. The third-order valence-electron chi connectivity index (χ3n) is 3.08. The van der Waals surface area contributed by atoms with E-state index in [1.54, 1.807) is 6.07 Å². The molecule has 5 heteroatoms. The average Bonchev–Trinajstić information content (AvgIpc) is 2.81. The Balaban J connectivity index is 1.98. The van der Waals surface area contributed by atoms with Crippen molar-refractivity contribution in [3.05, 3.63) is 40.9 Å². The summed E-state index contributed by atoms with van der Waals surface area (Å²) in [5.74, 6) is -0.321. The Hall–Kier alpha value is -1.81. The van der Waals surface area contributed by atoms with Gasteiger partial charge in [-0.1, -0.05) is 23.8 Å². The lowest BCUT2D eigenvalue weighted by molar-refractivity contribution is -0.116. The Bertz CT molecular complexity index is 540. The van der Waals surface area contributed by atoms with Gasteiger partial charge in [0, 0.05) is 12.1 Å². The van der Waals surface area contributed by atoms with E-state index in [0.29, 0.717) is 18.0 Å². The number of carbonyl (C=O) groups excluding carboxylic acids is 2. The van der Waals surface area contributed by atoms with E-state index in [9.17, 15) is 9.59 Å². The van der Waals surface area contributed by atoms with Gasteiger partial charge in [-0.25, -0.2) is 0 Å². The van der Waals surface area contributed by atoms with Crippen LogP contribution in [0.15, 0.2) is 30.4 Å². The summed E-state index contributed by atoms with van der Waals surface area (Å²) >= 11 is 5.91. The Morgan fingerprint density at radius 2 is 2.21 bits per heavy atom. The molecule has 0 spiro atoms. The van der Waals surface area contributed by atoms with E-state index >= 15 is 0 Å². The van der Waals surface area contributed by atoms with Gasteiger partial charge < -0.3 is 11.1 Å². The van der Waals surface area contributed by atoms with E-state index in [0.717, 1.165) is 12.8 Å². The maximum absolute atomic E-state index is 11.8. The first-order chi connectivity index (χ1) is 9.06. The Labute approximate surface area is 116 Å². The van der Waals surface area contributed by atoms with Crippen LogP contribution in [0.3, 0.4) is 0 Å². The molecule has 19 heavy (non-hydrogen) atoms. The number of anilines is 1. The van der Waals surface area contributed by atoms with Gasteiger partial charge in [0.15, 0.2) is 0 Å². The molecule has 2 amide bonds. The van der Waals surface area contributed by atoms with Gasteiger partial charge in [0.05, 0.1) is 10.6 Å². The highest BCUT2D eigenvalue weighted by atomic mass is 35.5. The fourth-order valence-electron chi connectivity index (χ4n) is 2.11. The number of amides is 2. The molecule has 100 valence electrons. The number of hydrogen-bond donors (Lipinski definition) is 2. The number of halogens is 1. The first-order valence-corrected chi connectivity index (χ1v) is 6.50. The van der Waals surface area contributed by atoms with Crippen molar-refractivity contribution < 1.29 is 9.59 Å². The highest BCUT2D eigenvalue weighted by Gasteiger charge is 2.14. The van der Waals surface area contributed by atoms with Gasteiger partial charge in [0.1, 0.15) is 0 Å². The van der Waals surface area contributed by atoms with Gasteiger partial charge >= 0.3 is 0 Å². The van der Waals surface area contributed by atoms with Crippen molar-refractivity contribution in [1.29, 1.82) is 0 Å². The topological polar surface area (TPSA) is 72.2 Å². The molecule has 4 nitrogen and oxygen atoms in total. The van der Waals surface area contributed by atoms with Crippen LogP contribution in [-0.4, -0.2) is 11.8 Å². The van der Waals surface area contributed by atoms with Gasteiger partial charge in [-0.3, -0.25) is 9.59 Å². The van der Waals surface area contributed by atoms with Crippen LogP contribution < -0.4 is 11.1 Å². The number of benzene rings is 1. The van der Waals surface area contributed by atoms with Crippen molar-refractivity contribution in [3.8, 4) is 0 Å². The Morgan fingerprint density at radius 3 is 2.79 bits per heavy atom. The molecule has 0 unspecified atom stereocenters. The maximum Gasteiger partial charge on any atom is 0.250 e. The quantitative estimate of drug-likeness (QED) is 0.831. The molecule has 1 aliphatic carbocycles. The molecule has 0 fully saturated rings. The molecule has 0 saturated heterocycles. The van der Waals surface area contributed by atoms with E-state index in [1.165, 1.54) is 12.1 Å². The first-order valence-electron chi connectivity index (χ1n) is 6.12. The summed E-state index contributed by atoms with van der Waals surface area (Å²) in [6.07, 6.45) is 6.69. The number of nitrogens with one attached hydrogen (secondary N) is 1. The smallest absolute Gasteiger partial charge is 0.250 e. The average molecular weight is 279 g/mol. The molecule has 0 saturated carbocycles. The van der Waals surface area contributed by atoms with Crippen molar-refractivity contribution in [1.82, 2.24) is 0 Å². The van der Waals surface area contributed by atoms with Crippen LogP contribution in [0.25, 0.3) is 0 Å². The summed E-state index contributed by atoms with van der Waals surface area (Å²) in [6, 6.07) is 4.66. The number of primary amides is 1. The standard InChI is InChI=1S/C14H15ClN2O2/c15-12-8-10(5-6-11(12)14(16)19)17-13(18)7-9-3-1-2-4-9/h1,3,5-6,8-9H,2,4,7H2,(H2,16,19)(H,17,18)/t9-/m1/s1. The molecule has 1 aromatic rings. The van der Waals surface area contributed by atoms with Gasteiger partial charge in [-0.15, -0.1) is 0 Å². The van der Waals surface area contributed by atoms with Gasteiger partial charge in [-0.05, 0) is 37.0 Å². The second-order valence-corrected chi connectivity index (χ2v) is 4.98. The predicted molar refractivity (Wildman–Crippen MR) is 75.1 cm³/mol. The van der Waals surface area contributed by atoms with Crippen LogP contribution >= 0.6 is 11.6 Å². The molecule has 0 aliphatic heterocycles. The lowest BCUT2D eigenvalue weighted by Gasteiger charge is -2.09.